The van der Waals surface area contributed by atoms with E-state index < -0.39 is 6.61 Å². The van der Waals surface area contributed by atoms with Gasteiger partial charge in [-0.25, -0.2) is 14.8 Å². The van der Waals surface area contributed by atoms with Gasteiger partial charge in [-0.05, 0) is 19.1 Å². The highest BCUT2D eigenvalue weighted by Crippen LogP contribution is 2.21. The summed E-state index contributed by atoms with van der Waals surface area (Å²) in [6.45, 7) is 5.51. The molecule has 1 aliphatic heterocycles. The van der Waals surface area contributed by atoms with E-state index in [1.165, 1.54) is 12.1 Å². The molecular weight excluding hydrogens is 380 g/mol. The number of carbonyl (C=O) groups excluding carboxylic acids is 1. The number of alkyl halides is 2. The zero-order valence-corrected chi connectivity index (χ0v) is 16.7. The molecule has 1 saturated heterocycles. The van der Waals surface area contributed by atoms with Crippen molar-refractivity contribution in [2.24, 2.45) is 0 Å². The topological polar surface area (TPSA) is 70.6 Å². The third kappa shape index (κ3) is 5.52. The monoisotopic (exact) mass is 405 g/mol. The molecule has 1 aliphatic rings. The molecule has 1 N–H and O–H groups in total. The van der Waals surface area contributed by atoms with Crippen molar-refractivity contribution in [2.45, 2.75) is 33.3 Å². The SMILES string of the molecule is Cc1cc(N2CCN(C(=O)Nc3cccc(OC(F)F)c3)CC2)nc(C(C)C)n1. The molecule has 29 heavy (non-hydrogen) atoms. The Kier molecular flexibility index (Phi) is 6.46. The molecule has 2 amide bonds. The lowest BCUT2D eigenvalue weighted by atomic mass is 10.2. The maximum absolute atomic E-state index is 12.5. The van der Waals surface area contributed by atoms with E-state index in [0.717, 1.165) is 17.3 Å². The molecule has 0 saturated carbocycles. The summed E-state index contributed by atoms with van der Waals surface area (Å²) in [5.41, 5.74) is 1.33. The van der Waals surface area contributed by atoms with Crippen LogP contribution in [0.3, 0.4) is 0 Å². The molecule has 7 nitrogen and oxygen atoms in total. The number of rotatable bonds is 5. The normalized spacial score (nSPS) is 14.4. The lowest BCUT2D eigenvalue weighted by molar-refractivity contribution is -0.0497. The molecule has 0 atom stereocenters. The van der Waals surface area contributed by atoms with Gasteiger partial charge in [-0.15, -0.1) is 0 Å². The van der Waals surface area contributed by atoms with E-state index in [1.54, 1.807) is 17.0 Å². The number of anilines is 2. The van der Waals surface area contributed by atoms with Gasteiger partial charge in [-0.1, -0.05) is 19.9 Å². The highest BCUT2D eigenvalue weighted by Gasteiger charge is 2.23. The predicted molar refractivity (Wildman–Crippen MR) is 107 cm³/mol. The van der Waals surface area contributed by atoms with Crippen LogP contribution in [0.2, 0.25) is 0 Å². The van der Waals surface area contributed by atoms with Gasteiger partial charge in [0.05, 0.1) is 0 Å². The fourth-order valence-corrected chi connectivity index (χ4v) is 3.09. The number of amides is 2. The summed E-state index contributed by atoms with van der Waals surface area (Å²) in [5.74, 6) is 1.93. The Balaban J connectivity index is 1.59. The van der Waals surface area contributed by atoms with Crippen LogP contribution in [0.25, 0.3) is 0 Å². The molecule has 9 heteroatoms. The average molecular weight is 405 g/mol. The van der Waals surface area contributed by atoms with Gasteiger partial charge < -0.3 is 19.9 Å². The number of nitrogens with zero attached hydrogens (tertiary/aromatic N) is 4. The minimum Gasteiger partial charge on any atom is -0.435 e. The Morgan fingerprint density at radius 3 is 2.52 bits per heavy atom. The second-order valence-electron chi connectivity index (χ2n) is 7.19. The van der Waals surface area contributed by atoms with Crippen molar-refractivity contribution in [2.75, 3.05) is 36.4 Å². The van der Waals surface area contributed by atoms with E-state index in [2.05, 4.69) is 38.8 Å². The number of ether oxygens (including phenoxy) is 1. The zero-order valence-electron chi connectivity index (χ0n) is 16.7. The molecular formula is C20H25F2N5O2. The first-order valence-electron chi connectivity index (χ1n) is 9.53. The number of piperazine rings is 1. The van der Waals surface area contributed by atoms with Crippen molar-refractivity contribution < 1.29 is 18.3 Å². The average Bonchev–Trinajstić information content (AvgIpc) is 2.67. The van der Waals surface area contributed by atoms with Gasteiger partial charge in [0.25, 0.3) is 0 Å². The Morgan fingerprint density at radius 1 is 1.14 bits per heavy atom. The summed E-state index contributed by atoms with van der Waals surface area (Å²) in [4.78, 5) is 25.5. The molecule has 0 spiro atoms. The minimum atomic E-state index is -2.91. The largest absolute Gasteiger partial charge is 0.435 e. The number of urea groups is 1. The Bertz CT molecular complexity index is 855. The van der Waals surface area contributed by atoms with Crippen LogP contribution in [-0.2, 0) is 0 Å². The molecule has 0 bridgehead atoms. The fourth-order valence-electron chi connectivity index (χ4n) is 3.09. The Labute approximate surface area is 168 Å². The summed E-state index contributed by atoms with van der Waals surface area (Å²) in [6, 6.07) is 7.64. The van der Waals surface area contributed by atoms with Crippen LogP contribution in [0.5, 0.6) is 5.75 Å². The van der Waals surface area contributed by atoms with Gasteiger partial charge in [0.2, 0.25) is 0 Å². The zero-order chi connectivity index (χ0) is 21.0. The van der Waals surface area contributed by atoms with Crippen molar-refractivity contribution in [3.05, 3.63) is 41.9 Å². The van der Waals surface area contributed by atoms with Gasteiger partial charge in [0.1, 0.15) is 17.4 Å². The van der Waals surface area contributed by atoms with Gasteiger partial charge >= 0.3 is 12.6 Å². The molecule has 2 heterocycles. The third-order valence-corrected chi connectivity index (χ3v) is 4.58. The van der Waals surface area contributed by atoms with Gasteiger partial charge in [-0.2, -0.15) is 8.78 Å². The van der Waals surface area contributed by atoms with Gasteiger partial charge in [-0.3, -0.25) is 0 Å². The third-order valence-electron chi connectivity index (χ3n) is 4.58. The van der Waals surface area contributed by atoms with E-state index in [4.69, 9.17) is 0 Å². The minimum absolute atomic E-state index is 0.00251. The van der Waals surface area contributed by atoms with Crippen molar-refractivity contribution >= 4 is 17.5 Å². The fraction of sp³-hybridized carbons (Fsp3) is 0.450. The van der Waals surface area contributed by atoms with Crippen LogP contribution in [-0.4, -0.2) is 53.7 Å². The lowest BCUT2D eigenvalue weighted by Gasteiger charge is -2.35. The maximum Gasteiger partial charge on any atom is 0.387 e. The van der Waals surface area contributed by atoms with Crippen molar-refractivity contribution in [1.82, 2.24) is 14.9 Å². The predicted octanol–water partition coefficient (Wildman–Crippen LogP) is 3.86. The van der Waals surface area contributed by atoms with E-state index in [0.29, 0.717) is 31.9 Å². The summed E-state index contributed by atoms with van der Waals surface area (Å²) in [6.07, 6.45) is 0. The number of aromatic nitrogens is 2. The Hall–Kier alpha value is -2.97. The summed E-state index contributed by atoms with van der Waals surface area (Å²) >= 11 is 0. The standard InChI is InChI=1S/C20H25F2N5O2/c1-13(2)18-23-14(3)11-17(25-18)26-7-9-27(10-8-26)20(28)24-15-5-4-6-16(12-15)29-19(21)22/h4-6,11-13,19H,7-10H2,1-3H3,(H,24,28). The number of halogens is 2. The van der Waals surface area contributed by atoms with Crippen LogP contribution in [0, 0.1) is 6.92 Å². The molecule has 1 aromatic heterocycles. The van der Waals surface area contributed by atoms with Gasteiger partial charge in [0, 0.05) is 55.6 Å². The van der Waals surface area contributed by atoms with E-state index in [-0.39, 0.29) is 17.7 Å². The smallest absolute Gasteiger partial charge is 0.387 e. The second kappa shape index (κ2) is 9.02. The van der Waals surface area contributed by atoms with Crippen LogP contribution in [0.15, 0.2) is 30.3 Å². The van der Waals surface area contributed by atoms with Crippen molar-refractivity contribution in [1.29, 1.82) is 0 Å². The number of hydrogen-bond acceptors (Lipinski definition) is 5. The highest BCUT2D eigenvalue weighted by molar-refractivity contribution is 5.89. The number of aryl methyl sites for hydroxylation is 1. The van der Waals surface area contributed by atoms with Crippen molar-refractivity contribution in [3.63, 3.8) is 0 Å². The number of nitrogens with one attached hydrogen (secondary N) is 1. The molecule has 1 aromatic carbocycles. The van der Waals surface area contributed by atoms with E-state index >= 15 is 0 Å². The van der Waals surface area contributed by atoms with E-state index in [1.807, 2.05) is 13.0 Å². The van der Waals surface area contributed by atoms with Crippen LogP contribution < -0.4 is 15.0 Å². The maximum atomic E-state index is 12.5. The number of benzene rings is 1. The summed E-state index contributed by atoms with van der Waals surface area (Å²) in [7, 11) is 0. The van der Waals surface area contributed by atoms with Crippen LogP contribution in [0.1, 0.15) is 31.3 Å². The second-order valence-corrected chi connectivity index (χ2v) is 7.19. The molecule has 0 aliphatic carbocycles. The van der Waals surface area contributed by atoms with Gasteiger partial charge in [0.15, 0.2) is 0 Å². The van der Waals surface area contributed by atoms with E-state index in [9.17, 15) is 13.6 Å². The molecule has 0 unspecified atom stereocenters. The molecule has 1 fully saturated rings. The first-order valence-corrected chi connectivity index (χ1v) is 9.53. The van der Waals surface area contributed by atoms with Crippen LogP contribution >= 0.6 is 0 Å². The first kappa shape index (κ1) is 20.8. The van der Waals surface area contributed by atoms with Crippen molar-refractivity contribution in [3.8, 4) is 5.75 Å². The summed E-state index contributed by atoms with van der Waals surface area (Å²) < 4.78 is 29.1. The molecule has 3 rings (SSSR count). The quantitative estimate of drug-likeness (QED) is 0.818. The molecule has 0 radical (unpaired) electrons. The van der Waals surface area contributed by atoms with Crippen LogP contribution in [0.4, 0.5) is 25.1 Å². The lowest BCUT2D eigenvalue weighted by Crippen LogP contribution is -2.50. The summed E-state index contributed by atoms with van der Waals surface area (Å²) in [5, 5.41) is 2.73. The number of carbonyl (C=O) groups is 1. The molecule has 2 aromatic rings. The highest BCUT2D eigenvalue weighted by atomic mass is 19.3. The number of hydrogen-bond donors (Lipinski definition) is 1. The first-order chi connectivity index (χ1) is 13.8. The Morgan fingerprint density at radius 2 is 1.86 bits per heavy atom. The molecule has 156 valence electrons.